The largest absolute Gasteiger partial charge is 0.462 e. The molecule has 2 aromatic carbocycles. The van der Waals surface area contributed by atoms with Crippen LogP contribution in [0.15, 0.2) is 48.8 Å². The summed E-state index contributed by atoms with van der Waals surface area (Å²) in [6.45, 7) is 2.72. The zero-order chi connectivity index (χ0) is 33.2. The predicted molar refractivity (Wildman–Crippen MR) is 178 cm³/mol. The van der Waals surface area contributed by atoms with Crippen LogP contribution in [-0.2, 0) is 17.8 Å². The Morgan fingerprint density at radius 1 is 1.19 bits per heavy atom. The number of rotatable bonds is 9. The topological polar surface area (TPSA) is 139 Å². The van der Waals surface area contributed by atoms with Gasteiger partial charge in [-0.1, -0.05) is 41.9 Å². The minimum atomic E-state index is -0.535. The number of anilines is 1. The van der Waals surface area contributed by atoms with Gasteiger partial charge < -0.3 is 29.2 Å². The summed E-state index contributed by atoms with van der Waals surface area (Å²) in [5.41, 5.74) is 4.10. The van der Waals surface area contributed by atoms with Gasteiger partial charge in [-0.25, -0.2) is 9.18 Å². The zero-order valence-electron chi connectivity index (χ0n) is 26.5. The van der Waals surface area contributed by atoms with Crippen LogP contribution < -0.4 is 9.64 Å². The number of benzene rings is 2. The maximum Gasteiger partial charge on any atom is 0.410 e. The molecule has 2 N–H and O–H groups in total. The second-order valence-electron chi connectivity index (χ2n) is 12.3. The molecule has 0 unspecified atom stereocenters. The molecule has 2 fully saturated rings. The second kappa shape index (κ2) is 13.7. The van der Waals surface area contributed by atoms with E-state index in [0.29, 0.717) is 54.2 Å². The van der Waals surface area contributed by atoms with Crippen LogP contribution in [0.1, 0.15) is 36.0 Å². The average molecular weight is 672 g/mol. The highest BCUT2D eigenvalue weighted by molar-refractivity contribution is 6.32. The molecule has 2 aliphatic heterocycles. The fourth-order valence-electron chi connectivity index (χ4n) is 6.64. The van der Waals surface area contributed by atoms with Crippen LogP contribution in [0.5, 0.6) is 6.01 Å². The van der Waals surface area contributed by atoms with E-state index in [4.69, 9.17) is 31.0 Å². The number of amides is 1. The van der Waals surface area contributed by atoms with Crippen molar-refractivity contribution in [3.05, 3.63) is 76.3 Å². The molecule has 0 radical (unpaired) electrons. The number of piperazine rings is 1. The number of H-pyrrole nitrogens is 2. The van der Waals surface area contributed by atoms with E-state index >= 15 is 0 Å². The number of likely N-dealkylation sites (N-methyl/N-ethyl adjacent to an activating group) is 1. The van der Waals surface area contributed by atoms with Crippen molar-refractivity contribution in [2.45, 2.75) is 44.4 Å². The molecule has 7 rings (SSSR count). The Hall–Kier alpha value is -4.93. The van der Waals surface area contributed by atoms with Crippen molar-refractivity contribution in [1.82, 2.24) is 34.9 Å². The van der Waals surface area contributed by atoms with Crippen molar-refractivity contribution in [2.24, 2.45) is 0 Å². The number of aromatic amines is 2. The van der Waals surface area contributed by atoms with Gasteiger partial charge in [-0.05, 0) is 37.6 Å². The Balaban J connectivity index is 1.19. The maximum absolute atomic E-state index is 14.8. The lowest BCUT2D eigenvalue weighted by Crippen LogP contribution is -2.55. The van der Waals surface area contributed by atoms with Gasteiger partial charge in [0.15, 0.2) is 5.82 Å². The van der Waals surface area contributed by atoms with Gasteiger partial charge in [0.2, 0.25) is 0 Å². The zero-order valence-corrected chi connectivity index (χ0v) is 27.2. The van der Waals surface area contributed by atoms with Crippen molar-refractivity contribution < 1.29 is 18.7 Å². The van der Waals surface area contributed by atoms with Crippen molar-refractivity contribution in [2.75, 3.05) is 44.7 Å². The van der Waals surface area contributed by atoms with E-state index in [0.717, 1.165) is 35.9 Å². The van der Waals surface area contributed by atoms with Crippen LogP contribution >= 0.6 is 11.6 Å². The SMILES string of the molecule is CN1CCC[C@H]1COc1nc(N2CCN(C(=O)OCc3ccccc3)[C@@H](CC#N)C2)c2[nH]cc(Cc3c(Cl)c(F)cc4[nH]ncc34)c2n1. The number of hydrogen-bond acceptors (Lipinski definition) is 9. The monoisotopic (exact) mass is 671 g/mol. The molecule has 12 nitrogen and oxygen atoms in total. The maximum atomic E-state index is 14.8. The normalized spacial score (nSPS) is 18.5. The lowest BCUT2D eigenvalue weighted by atomic mass is 10.0. The van der Waals surface area contributed by atoms with Gasteiger partial charge in [-0.15, -0.1) is 0 Å². The number of halogens is 2. The smallest absolute Gasteiger partial charge is 0.410 e. The first kappa shape index (κ1) is 31.7. The summed E-state index contributed by atoms with van der Waals surface area (Å²) in [5.74, 6) is 0.0621. The van der Waals surface area contributed by atoms with E-state index in [9.17, 15) is 14.4 Å². The molecule has 48 heavy (non-hydrogen) atoms. The molecule has 5 aromatic rings. The van der Waals surface area contributed by atoms with Gasteiger partial charge in [0, 0.05) is 55.3 Å². The van der Waals surface area contributed by atoms with Crippen LogP contribution in [0, 0.1) is 17.1 Å². The van der Waals surface area contributed by atoms with Gasteiger partial charge in [0.25, 0.3) is 0 Å². The average Bonchev–Trinajstić information content (AvgIpc) is 3.85. The van der Waals surface area contributed by atoms with E-state index < -0.39 is 18.0 Å². The highest BCUT2D eigenvalue weighted by Gasteiger charge is 2.34. The van der Waals surface area contributed by atoms with Crippen molar-refractivity contribution >= 4 is 45.4 Å². The summed E-state index contributed by atoms with van der Waals surface area (Å²) in [4.78, 5) is 32.2. The van der Waals surface area contributed by atoms with E-state index in [-0.39, 0.29) is 36.5 Å². The molecule has 5 heterocycles. The van der Waals surface area contributed by atoms with Gasteiger partial charge >= 0.3 is 12.1 Å². The van der Waals surface area contributed by atoms with E-state index in [1.807, 2.05) is 41.4 Å². The summed E-state index contributed by atoms with van der Waals surface area (Å²) in [7, 11) is 2.08. The third kappa shape index (κ3) is 6.33. The molecule has 0 saturated carbocycles. The minimum Gasteiger partial charge on any atom is -0.462 e. The molecule has 14 heteroatoms. The number of aromatic nitrogens is 5. The van der Waals surface area contributed by atoms with Crippen molar-refractivity contribution in [3.8, 4) is 12.1 Å². The quantitative estimate of drug-likeness (QED) is 0.210. The van der Waals surface area contributed by atoms with Gasteiger partial charge in [0.1, 0.15) is 30.1 Å². The highest BCUT2D eigenvalue weighted by Crippen LogP contribution is 2.35. The molecule has 2 atom stereocenters. The number of fused-ring (bicyclic) bond motifs is 2. The standard InChI is InChI=1S/C34H35ClFN9O3/c1-43-11-5-8-24(43)20-47-33-40-30-22(14-25-26-17-39-42-28(26)15-27(36)29(25)35)16-38-31(30)32(41-33)44-12-13-45(23(18-44)9-10-37)34(46)48-19-21-6-3-2-4-7-21/h2-4,6-7,15-17,23-24,38H,5,8-9,11-14,18-20H2,1H3,(H,39,42)/t23-,24-/m0/s1. The van der Waals surface area contributed by atoms with E-state index in [1.54, 1.807) is 11.1 Å². The Morgan fingerprint density at radius 2 is 2.04 bits per heavy atom. The second-order valence-corrected chi connectivity index (χ2v) is 12.7. The lowest BCUT2D eigenvalue weighted by molar-refractivity contribution is 0.0768. The summed E-state index contributed by atoms with van der Waals surface area (Å²) < 4.78 is 26.7. The molecule has 0 bridgehead atoms. The first-order chi connectivity index (χ1) is 23.4. The van der Waals surface area contributed by atoms with Gasteiger partial charge in [0.05, 0.1) is 35.3 Å². The minimum absolute atomic E-state index is 0.0305. The Kier molecular flexibility index (Phi) is 9.01. The van der Waals surface area contributed by atoms with E-state index in [1.165, 1.54) is 6.07 Å². The number of likely N-dealkylation sites (tertiary alicyclic amines) is 1. The highest BCUT2D eigenvalue weighted by atomic mass is 35.5. The Morgan fingerprint density at radius 3 is 2.83 bits per heavy atom. The third-order valence-corrected chi connectivity index (χ3v) is 9.70. The number of nitrogens with one attached hydrogen (secondary N) is 2. The number of carbonyl (C=O) groups excluding carboxylic acids is 1. The van der Waals surface area contributed by atoms with Crippen LogP contribution in [0.4, 0.5) is 15.0 Å². The summed E-state index contributed by atoms with van der Waals surface area (Å²) >= 11 is 6.49. The van der Waals surface area contributed by atoms with E-state index in [2.05, 4.69) is 33.2 Å². The number of ether oxygens (including phenoxy) is 2. The number of nitrogens with zero attached hydrogens (tertiary/aromatic N) is 7. The molecule has 0 aliphatic carbocycles. The Labute approximate surface area is 281 Å². The van der Waals surface area contributed by atoms with Gasteiger partial charge in [-0.2, -0.15) is 20.3 Å². The Bertz CT molecular complexity index is 1980. The molecule has 248 valence electrons. The number of nitriles is 1. The molecular formula is C34H35ClFN9O3. The molecule has 3 aromatic heterocycles. The summed E-state index contributed by atoms with van der Waals surface area (Å²) in [6.07, 6.45) is 5.54. The molecule has 1 amide bonds. The first-order valence-corrected chi connectivity index (χ1v) is 16.4. The third-order valence-electron chi connectivity index (χ3n) is 9.30. The van der Waals surface area contributed by atoms with Crippen LogP contribution in [0.25, 0.3) is 21.9 Å². The summed E-state index contributed by atoms with van der Waals surface area (Å²) in [5, 5.41) is 17.4. The predicted octanol–water partition coefficient (Wildman–Crippen LogP) is 5.43. The van der Waals surface area contributed by atoms with Crippen molar-refractivity contribution in [3.63, 3.8) is 0 Å². The van der Waals surface area contributed by atoms with Crippen LogP contribution in [0.3, 0.4) is 0 Å². The fraction of sp³-hybridized carbons (Fsp3) is 0.382. The number of hydrogen-bond donors (Lipinski definition) is 2. The molecule has 2 saturated heterocycles. The molecule has 2 aliphatic rings. The van der Waals surface area contributed by atoms with Crippen molar-refractivity contribution in [1.29, 1.82) is 5.26 Å². The van der Waals surface area contributed by atoms with Gasteiger partial charge in [-0.3, -0.25) is 5.10 Å². The number of carbonyl (C=O) groups is 1. The fourth-order valence-corrected chi connectivity index (χ4v) is 6.87. The van der Waals surface area contributed by atoms with Crippen LogP contribution in [-0.4, -0.2) is 93.0 Å². The molecular weight excluding hydrogens is 637 g/mol. The summed E-state index contributed by atoms with van der Waals surface area (Å²) in [6, 6.07) is 13.1. The first-order valence-electron chi connectivity index (χ1n) is 16.0. The van der Waals surface area contributed by atoms with Crippen LogP contribution in [0.2, 0.25) is 5.02 Å². The molecule has 0 spiro atoms. The lowest BCUT2D eigenvalue weighted by Gasteiger charge is -2.40.